The first-order valence-corrected chi connectivity index (χ1v) is 6.54. The van der Waals surface area contributed by atoms with Crippen LogP contribution in [0.1, 0.15) is 38.3 Å². The van der Waals surface area contributed by atoms with Gasteiger partial charge in [-0.25, -0.2) is 0 Å². The van der Waals surface area contributed by atoms with Crippen LogP contribution in [-0.4, -0.2) is 13.2 Å². The maximum atomic E-state index is 5.86. The third kappa shape index (κ3) is 4.67. The van der Waals surface area contributed by atoms with Crippen LogP contribution in [0.5, 0.6) is 5.75 Å². The summed E-state index contributed by atoms with van der Waals surface area (Å²) in [5, 5.41) is 0. The molecule has 1 unspecified atom stereocenters. The van der Waals surface area contributed by atoms with Crippen molar-refractivity contribution < 1.29 is 9.47 Å². The van der Waals surface area contributed by atoms with E-state index >= 15 is 0 Å². The minimum atomic E-state index is 0.260. The molecule has 1 aromatic rings. The molecule has 102 valence electrons. The van der Waals surface area contributed by atoms with Gasteiger partial charge in [0.2, 0.25) is 0 Å². The molecule has 0 aliphatic carbocycles. The lowest BCUT2D eigenvalue weighted by Crippen LogP contribution is -2.11. The zero-order valence-corrected chi connectivity index (χ0v) is 11.9. The summed E-state index contributed by atoms with van der Waals surface area (Å²) in [6.45, 7) is 7.63. The average molecular weight is 251 g/mol. The molecule has 0 spiro atoms. The van der Waals surface area contributed by atoms with E-state index in [1.165, 1.54) is 0 Å². The summed E-state index contributed by atoms with van der Waals surface area (Å²) in [6, 6.07) is 5.99. The van der Waals surface area contributed by atoms with E-state index < -0.39 is 0 Å². The standard InChI is InChI=1S/C15H25NO2/c1-11(2)7-12(3)18-10-14-8-13(9-16)5-6-15(14)17-4/h5-6,8,11-12H,7,9-10,16H2,1-4H3. The van der Waals surface area contributed by atoms with Crippen LogP contribution >= 0.6 is 0 Å². The Balaban J connectivity index is 2.64. The Labute approximate surface area is 110 Å². The fourth-order valence-corrected chi connectivity index (χ4v) is 2.04. The van der Waals surface area contributed by atoms with Gasteiger partial charge in [-0.3, -0.25) is 0 Å². The van der Waals surface area contributed by atoms with Gasteiger partial charge in [-0.05, 0) is 37.0 Å². The molecule has 1 atom stereocenters. The number of methoxy groups -OCH3 is 1. The van der Waals surface area contributed by atoms with E-state index in [1.807, 2.05) is 12.1 Å². The summed E-state index contributed by atoms with van der Waals surface area (Å²) in [6.07, 6.45) is 1.33. The first-order chi connectivity index (χ1) is 8.56. The van der Waals surface area contributed by atoms with Crippen LogP contribution in [0.3, 0.4) is 0 Å². The summed E-state index contributed by atoms with van der Waals surface area (Å²) >= 11 is 0. The summed E-state index contributed by atoms with van der Waals surface area (Å²) in [5.74, 6) is 1.52. The molecule has 2 N–H and O–H groups in total. The molecule has 0 radical (unpaired) electrons. The van der Waals surface area contributed by atoms with Crippen molar-refractivity contribution in [1.29, 1.82) is 0 Å². The number of hydrogen-bond donors (Lipinski definition) is 1. The maximum absolute atomic E-state index is 5.86. The Bertz CT molecular complexity index is 364. The second-order valence-electron chi connectivity index (χ2n) is 5.10. The van der Waals surface area contributed by atoms with Gasteiger partial charge in [0.05, 0.1) is 19.8 Å². The molecular formula is C15H25NO2. The molecule has 3 heteroatoms. The lowest BCUT2D eigenvalue weighted by molar-refractivity contribution is 0.0387. The molecule has 0 aromatic heterocycles. The van der Waals surface area contributed by atoms with Gasteiger partial charge >= 0.3 is 0 Å². The summed E-state index contributed by atoms with van der Waals surface area (Å²) in [4.78, 5) is 0. The summed E-state index contributed by atoms with van der Waals surface area (Å²) < 4.78 is 11.2. The van der Waals surface area contributed by atoms with Crippen molar-refractivity contribution in [3.63, 3.8) is 0 Å². The van der Waals surface area contributed by atoms with Crippen LogP contribution < -0.4 is 10.5 Å². The highest BCUT2D eigenvalue weighted by atomic mass is 16.5. The van der Waals surface area contributed by atoms with Crippen LogP contribution in [0.2, 0.25) is 0 Å². The van der Waals surface area contributed by atoms with Crippen LogP contribution in [-0.2, 0) is 17.9 Å². The lowest BCUT2D eigenvalue weighted by Gasteiger charge is -2.17. The fourth-order valence-electron chi connectivity index (χ4n) is 2.04. The second kappa shape index (κ2) is 7.39. The van der Waals surface area contributed by atoms with Crippen molar-refractivity contribution in [1.82, 2.24) is 0 Å². The quantitative estimate of drug-likeness (QED) is 0.810. The first-order valence-electron chi connectivity index (χ1n) is 6.54. The van der Waals surface area contributed by atoms with Gasteiger partial charge in [0, 0.05) is 12.1 Å². The fraction of sp³-hybridized carbons (Fsp3) is 0.600. The second-order valence-corrected chi connectivity index (χ2v) is 5.10. The van der Waals surface area contributed by atoms with Gasteiger partial charge in [-0.2, -0.15) is 0 Å². The smallest absolute Gasteiger partial charge is 0.124 e. The van der Waals surface area contributed by atoms with Crippen molar-refractivity contribution in [2.45, 2.75) is 46.4 Å². The van der Waals surface area contributed by atoms with E-state index in [2.05, 4.69) is 26.8 Å². The Morgan fingerprint density at radius 1 is 1.22 bits per heavy atom. The van der Waals surface area contributed by atoms with Crippen molar-refractivity contribution in [2.75, 3.05) is 7.11 Å². The van der Waals surface area contributed by atoms with E-state index in [9.17, 15) is 0 Å². The predicted molar refractivity (Wildman–Crippen MR) is 74.6 cm³/mol. The predicted octanol–water partition coefficient (Wildman–Crippen LogP) is 3.11. The molecule has 0 aliphatic heterocycles. The molecule has 1 aromatic carbocycles. The largest absolute Gasteiger partial charge is 0.496 e. The van der Waals surface area contributed by atoms with Gasteiger partial charge in [0.25, 0.3) is 0 Å². The van der Waals surface area contributed by atoms with Crippen LogP contribution in [0.4, 0.5) is 0 Å². The normalized spacial score (nSPS) is 12.8. The molecule has 3 nitrogen and oxygen atoms in total. The van der Waals surface area contributed by atoms with E-state index in [-0.39, 0.29) is 6.10 Å². The molecule has 0 saturated heterocycles. The van der Waals surface area contributed by atoms with Crippen LogP contribution in [0.15, 0.2) is 18.2 Å². The lowest BCUT2D eigenvalue weighted by atomic mass is 10.1. The molecule has 0 bridgehead atoms. The summed E-state index contributed by atoms with van der Waals surface area (Å²) in [7, 11) is 1.68. The molecule has 0 saturated carbocycles. The minimum Gasteiger partial charge on any atom is -0.496 e. The van der Waals surface area contributed by atoms with Crippen molar-refractivity contribution in [3.8, 4) is 5.75 Å². The van der Waals surface area contributed by atoms with Gasteiger partial charge in [-0.15, -0.1) is 0 Å². The van der Waals surface area contributed by atoms with Gasteiger partial charge in [0.15, 0.2) is 0 Å². The van der Waals surface area contributed by atoms with E-state index in [4.69, 9.17) is 15.2 Å². The van der Waals surface area contributed by atoms with E-state index in [1.54, 1.807) is 7.11 Å². The zero-order chi connectivity index (χ0) is 13.5. The molecule has 1 rings (SSSR count). The van der Waals surface area contributed by atoms with E-state index in [0.717, 1.165) is 23.3 Å². The zero-order valence-electron chi connectivity index (χ0n) is 11.9. The van der Waals surface area contributed by atoms with Gasteiger partial charge < -0.3 is 15.2 Å². The third-order valence-electron chi connectivity index (χ3n) is 2.91. The number of rotatable bonds is 7. The Morgan fingerprint density at radius 2 is 1.94 bits per heavy atom. The monoisotopic (exact) mass is 251 g/mol. The molecule has 0 fully saturated rings. The Kier molecular flexibility index (Phi) is 6.16. The van der Waals surface area contributed by atoms with Crippen molar-refractivity contribution in [3.05, 3.63) is 29.3 Å². The maximum Gasteiger partial charge on any atom is 0.124 e. The number of benzene rings is 1. The molecule has 0 heterocycles. The average Bonchev–Trinajstić information content (AvgIpc) is 2.35. The number of hydrogen-bond acceptors (Lipinski definition) is 3. The molecular weight excluding hydrogens is 226 g/mol. The topological polar surface area (TPSA) is 44.5 Å². The molecule has 0 aliphatic rings. The number of ether oxygens (including phenoxy) is 2. The van der Waals surface area contributed by atoms with Crippen molar-refractivity contribution in [2.24, 2.45) is 11.7 Å². The van der Waals surface area contributed by atoms with Gasteiger partial charge in [-0.1, -0.05) is 19.9 Å². The van der Waals surface area contributed by atoms with Crippen molar-refractivity contribution >= 4 is 0 Å². The number of nitrogens with two attached hydrogens (primary N) is 1. The highest BCUT2D eigenvalue weighted by molar-refractivity contribution is 5.36. The third-order valence-corrected chi connectivity index (χ3v) is 2.91. The Morgan fingerprint density at radius 3 is 2.50 bits per heavy atom. The Hall–Kier alpha value is -1.06. The van der Waals surface area contributed by atoms with Crippen LogP contribution in [0.25, 0.3) is 0 Å². The highest BCUT2D eigenvalue weighted by Gasteiger charge is 2.09. The molecule has 18 heavy (non-hydrogen) atoms. The van der Waals surface area contributed by atoms with E-state index in [0.29, 0.717) is 19.1 Å². The highest BCUT2D eigenvalue weighted by Crippen LogP contribution is 2.22. The molecule has 0 amide bonds. The van der Waals surface area contributed by atoms with Gasteiger partial charge in [0.1, 0.15) is 5.75 Å². The first kappa shape index (κ1) is 15.0. The van der Waals surface area contributed by atoms with Crippen LogP contribution in [0, 0.1) is 5.92 Å². The minimum absolute atomic E-state index is 0.260. The SMILES string of the molecule is COc1ccc(CN)cc1COC(C)CC(C)C. The summed E-state index contributed by atoms with van der Waals surface area (Å²) in [5.41, 5.74) is 7.82.